The Hall–Kier alpha value is -2.10. The lowest BCUT2D eigenvalue weighted by atomic mass is 10.0. The molecule has 0 aromatic heterocycles. The Bertz CT molecular complexity index is 548. The number of carbonyl (C=O) groups is 2. The van der Waals surface area contributed by atoms with Gasteiger partial charge in [-0.05, 0) is 48.6 Å². The topological polar surface area (TPSA) is 66.4 Å². The third-order valence-corrected chi connectivity index (χ3v) is 3.37. The van der Waals surface area contributed by atoms with Crippen LogP contribution in [0, 0.1) is 12.8 Å². The van der Waals surface area contributed by atoms with E-state index in [9.17, 15) is 9.59 Å². The lowest BCUT2D eigenvalue weighted by Crippen LogP contribution is -2.26. The van der Waals surface area contributed by atoms with E-state index in [0.717, 1.165) is 23.6 Å². The zero-order valence-corrected chi connectivity index (χ0v) is 11.0. The third kappa shape index (κ3) is 3.44. The molecule has 0 radical (unpaired) electrons. The van der Waals surface area contributed by atoms with E-state index in [1.807, 2.05) is 13.0 Å². The number of aryl methyl sites for hydroxylation is 1. The van der Waals surface area contributed by atoms with E-state index >= 15 is 0 Å². The second-order valence-corrected chi connectivity index (χ2v) is 5.04. The van der Waals surface area contributed by atoms with Crippen molar-refractivity contribution in [2.24, 2.45) is 5.92 Å². The smallest absolute Gasteiger partial charge is 0.328 e. The first-order valence-corrected chi connectivity index (χ1v) is 6.30. The van der Waals surface area contributed by atoms with E-state index < -0.39 is 5.97 Å². The summed E-state index contributed by atoms with van der Waals surface area (Å²) in [5, 5.41) is 11.6. The number of carboxylic acid groups (broad SMARTS) is 1. The lowest BCUT2D eigenvalue weighted by Gasteiger charge is -2.06. The molecule has 0 saturated heterocycles. The number of hydrogen-bond acceptors (Lipinski definition) is 2. The number of nitrogens with one attached hydrogen (secondary N) is 1. The van der Waals surface area contributed by atoms with Gasteiger partial charge < -0.3 is 10.4 Å². The molecule has 2 unspecified atom stereocenters. The highest BCUT2D eigenvalue weighted by Crippen LogP contribution is 2.29. The van der Waals surface area contributed by atoms with E-state index in [1.54, 1.807) is 12.1 Å². The molecule has 2 rings (SSSR count). The minimum absolute atomic E-state index is 0.0978. The standard InChI is InChI=1S/C15H17NO3/c1-9-3-4-12(8-11(9)5-6-14(17)18)15(19)16-13-7-10(13)2/h3-6,8,10,13H,7H2,1-2H3,(H,16,19)(H,17,18)/b6-5+. The van der Waals surface area contributed by atoms with Crippen LogP contribution in [0.15, 0.2) is 24.3 Å². The van der Waals surface area contributed by atoms with Crippen molar-refractivity contribution >= 4 is 18.0 Å². The van der Waals surface area contributed by atoms with Gasteiger partial charge in [-0.25, -0.2) is 4.79 Å². The molecule has 2 N–H and O–H groups in total. The van der Waals surface area contributed by atoms with Gasteiger partial charge in [-0.15, -0.1) is 0 Å². The Morgan fingerprint density at radius 1 is 1.42 bits per heavy atom. The second-order valence-electron chi connectivity index (χ2n) is 5.04. The highest BCUT2D eigenvalue weighted by Gasteiger charge is 2.33. The monoisotopic (exact) mass is 259 g/mol. The molecule has 19 heavy (non-hydrogen) atoms. The molecule has 1 aromatic rings. The van der Waals surface area contributed by atoms with E-state index in [-0.39, 0.29) is 11.9 Å². The maximum Gasteiger partial charge on any atom is 0.328 e. The molecule has 1 saturated carbocycles. The fraction of sp³-hybridized carbons (Fsp3) is 0.333. The molecule has 1 aromatic carbocycles. The van der Waals surface area contributed by atoms with Gasteiger partial charge in [0.1, 0.15) is 0 Å². The zero-order chi connectivity index (χ0) is 14.0. The number of carbonyl (C=O) groups excluding carboxylic acids is 1. The van der Waals surface area contributed by atoms with Gasteiger partial charge in [0.2, 0.25) is 0 Å². The molecule has 2 atom stereocenters. The molecule has 0 bridgehead atoms. The van der Waals surface area contributed by atoms with E-state index in [1.165, 1.54) is 6.08 Å². The van der Waals surface area contributed by atoms with E-state index in [2.05, 4.69) is 12.2 Å². The van der Waals surface area contributed by atoms with Crippen LogP contribution in [-0.2, 0) is 4.79 Å². The molecular formula is C15H17NO3. The first-order valence-electron chi connectivity index (χ1n) is 6.30. The summed E-state index contributed by atoms with van der Waals surface area (Å²) in [6.45, 7) is 3.98. The molecule has 0 heterocycles. The highest BCUT2D eigenvalue weighted by molar-refractivity contribution is 5.95. The van der Waals surface area contributed by atoms with Crippen LogP contribution in [0.5, 0.6) is 0 Å². The molecule has 0 aliphatic heterocycles. The molecule has 0 spiro atoms. The van der Waals surface area contributed by atoms with Crippen LogP contribution in [0.2, 0.25) is 0 Å². The van der Waals surface area contributed by atoms with Gasteiger partial charge in [0.15, 0.2) is 0 Å². The first kappa shape index (κ1) is 13.3. The fourth-order valence-electron chi connectivity index (χ4n) is 1.90. The summed E-state index contributed by atoms with van der Waals surface area (Å²) < 4.78 is 0. The molecule has 1 fully saturated rings. The van der Waals surface area contributed by atoms with Crippen molar-refractivity contribution < 1.29 is 14.7 Å². The number of carboxylic acids is 1. The second kappa shape index (κ2) is 5.26. The molecule has 4 nitrogen and oxygen atoms in total. The summed E-state index contributed by atoms with van der Waals surface area (Å²) in [6, 6.07) is 5.59. The molecule has 1 aliphatic carbocycles. The van der Waals surface area contributed by atoms with Gasteiger partial charge in [-0.2, -0.15) is 0 Å². The van der Waals surface area contributed by atoms with Crippen LogP contribution >= 0.6 is 0 Å². The van der Waals surface area contributed by atoms with Crippen molar-refractivity contribution in [3.8, 4) is 0 Å². The minimum Gasteiger partial charge on any atom is -0.478 e. The van der Waals surface area contributed by atoms with Gasteiger partial charge in [-0.1, -0.05) is 13.0 Å². The molecule has 1 aliphatic rings. The maximum absolute atomic E-state index is 12.0. The molecule has 1 amide bonds. The normalized spacial score (nSPS) is 21.4. The Morgan fingerprint density at radius 2 is 2.11 bits per heavy atom. The SMILES string of the molecule is Cc1ccc(C(=O)NC2CC2C)cc1/C=C/C(=O)O. The Morgan fingerprint density at radius 3 is 2.68 bits per heavy atom. The average Bonchev–Trinajstić information content (AvgIpc) is 3.03. The molecular weight excluding hydrogens is 242 g/mol. The van der Waals surface area contributed by atoms with Gasteiger partial charge in [0.05, 0.1) is 0 Å². The van der Waals surface area contributed by atoms with Crippen LogP contribution in [0.4, 0.5) is 0 Å². The number of hydrogen-bond donors (Lipinski definition) is 2. The summed E-state index contributed by atoms with van der Waals surface area (Å²) >= 11 is 0. The van der Waals surface area contributed by atoms with Crippen LogP contribution in [0.1, 0.15) is 34.8 Å². The van der Waals surface area contributed by atoms with E-state index in [4.69, 9.17) is 5.11 Å². The summed E-state index contributed by atoms with van der Waals surface area (Å²) in [5.74, 6) is -0.541. The van der Waals surface area contributed by atoms with Gasteiger partial charge >= 0.3 is 5.97 Å². The fourth-order valence-corrected chi connectivity index (χ4v) is 1.90. The predicted molar refractivity (Wildman–Crippen MR) is 72.9 cm³/mol. The average molecular weight is 259 g/mol. The van der Waals surface area contributed by atoms with Crippen LogP contribution in [-0.4, -0.2) is 23.0 Å². The van der Waals surface area contributed by atoms with Gasteiger partial charge in [0.25, 0.3) is 5.91 Å². The van der Waals surface area contributed by atoms with Crippen molar-refractivity contribution in [1.29, 1.82) is 0 Å². The van der Waals surface area contributed by atoms with Crippen molar-refractivity contribution in [3.05, 3.63) is 41.0 Å². The highest BCUT2D eigenvalue weighted by atomic mass is 16.4. The van der Waals surface area contributed by atoms with Gasteiger partial charge in [-0.3, -0.25) is 4.79 Å². The van der Waals surface area contributed by atoms with Crippen LogP contribution < -0.4 is 5.32 Å². The molecule has 100 valence electrons. The number of aliphatic carboxylic acids is 1. The number of amides is 1. The predicted octanol–water partition coefficient (Wildman–Crippen LogP) is 2.23. The number of benzene rings is 1. The zero-order valence-electron chi connectivity index (χ0n) is 11.0. The summed E-state index contributed by atoms with van der Waals surface area (Å²) in [7, 11) is 0. The Kier molecular flexibility index (Phi) is 3.69. The van der Waals surface area contributed by atoms with Crippen molar-refractivity contribution in [2.75, 3.05) is 0 Å². The molecule has 4 heteroatoms. The summed E-state index contributed by atoms with van der Waals surface area (Å²) in [5.41, 5.74) is 2.25. The van der Waals surface area contributed by atoms with E-state index in [0.29, 0.717) is 11.5 Å². The summed E-state index contributed by atoms with van der Waals surface area (Å²) in [6.07, 6.45) is 3.62. The van der Waals surface area contributed by atoms with Gasteiger partial charge in [0, 0.05) is 17.7 Å². The van der Waals surface area contributed by atoms with Crippen LogP contribution in [0.3, 0.4) is 0 Å². The minimum atomic E-state index is -0.999. The van der Waals surface area contributed by atoms with Crippen molar-refractivity contribution in [2.45, 2.75) is 26.3 Å². The largest absolute Gasteiger partial charge is 0.478 e. The first-order chi connectivity index (χ1) is 8.97. The van der Waals surface area contributed by atoms with Crippen molar-refractivity contribution in [3.63, 3.8) is 0 Å². The number of rotatable bonds is 4. The Labute approximate surface area is 112 Å². The maximum atomic E-state index is 12.0. The Balaban J connectivity index is 2.15. The summed E-state index contributed by atoms with van der Waals surface area (Å²) in [4.78, 5) is 22.5. The van der Waals surface area contributed by atoms with Crippen molar-refractivity contribution in [1.82, 2.24) is 5.32 Å². The lowest BCUT2D eigenvalue weighted by molar-refractivity contribution is -0.131. The van der Waals surface area contributed by atoms with Crippen LogP contribution in [0.25, 0.3) is 6.08 Å². The third-order valence-electron chi connectivity index (χ3n) is 3.37. The quantitative estimate of drug-likeness (QED) is 0.815.